The van der Waals surface area contributed by atoms with Crippen molar-refractivity contribution < 1.29 is 13.6 Å². The van der Waals surface area contributed by atoms with Gasteiger partial charge in [-0.3, -0.25) is 4.79 Å². The molecule has 0 radical (unpaired) electrons. The molecule has 1 unspecified atom stereocenters. The summed E-state index contributed by atoms with van der Waals surface area (Å²) in [5.74, 6) is -0.0538. The average Bonchev–Trinajstić information content (AvgIpc) is 2.89. The third-order valence-corrected chi connectivity index (χ3v) is 4.31. The first-order valence-electron chi connectivity index (χ1n) is 7.99. The van der Waals surface area contributed by atoms with Crippen LogP contribution in [0.2, 0.25) is 0 Å². The molecule has 124 valence electrons. The lowest BCUT2D eigenvalue weighted by Gasteiger charge is -2.12. The van der Waals surface area contributed by atoms with Crippen LogP contribution in [-0.2, 0) is 0 Å². The van der Waals surface area contributed by atoms with Crippen LogP contribution in [0.5, 0.6) is 0 Å². The van der Waals surface area contributed by atoms with Crippen LogP contribution in [-0.4, -0.2) is 12.5 Å². The molecule has 1 N–H and O–H groups in total. The van der Waals surface area contributed by atoms with Crippen molar-refractivity contribution in [2.24, 2.45) is 0 Å². The highest BCUT2D eigenvalue weighted by molar-refractivity contribution is 5.99. The topological polar surface area (TPSA) is 42.2 Å². The van der Waals surface area contributed by atoms with Gasteiger partial charge in [-0.2, -0.15) is 0 Å². The Labute approximate surface area is 140 Å². The molecule has 1 aromatic heterocycles. The Morgan fingerprint density at radius 3 is 2.58 bits per heavy atom. The van der Waals surface area contributed by atoms with Gasteiger partial charge in [0.25, 0.3) is 5.91 Å². The number of amides is 1. The number of nitrogens with one attached hydrogen (secondary N) is 1. The Morgan fingerprint density at radius 2 is 1.88 bits per heavy atom. The number of halogens is 1. The van der Waals surface area contributed by atoms with Gasteiger partial charge >= 0.3 is 0 Å². The number of hydrogen-bond acceptors (Lipinski definition) is 2. The molecule has 0 spiro atoms. The first kappa shape index (κ1) is 16.2. The summed E-state index contributed by atoms with van der Waals surface area (Å²) in [5, 5.41) is 3.87. The number of carbonyl (C=O) groups excluding carboxylic acids is 1. The van der Waals surface area contributed by atoms with Crippen molar-refractivity contribution in [2.45, 2.75) is 26.7 Å². The van der Waals surface area contributed by atoms with Crippen LogP contribution in [0, 0.1) is 19.7 Å². The predicted molar refractivity (Wildman–Crippen MR) is 92.8 cm³/mol. The van der Waals surface area contributed by atoms with E-state index < -0.39 is 0 Å². The minimum absolute atomic E-state index is 0.0847. The molecule has 0 aliphatic rings. The van der Waals surface area contributed by atoms with Crippen LogP contribution in [0.25, 0.3) is 11.0 Å². The summed E-state index contributed by atoms with van der Waals surface area (Å²) in [6.45, 7) is 6.35. The lowest BCUT2D eigenvalue weighted by atomic mass is 10.0. The molecule has 4 heteroatoms. The lowest BCUT2D eigenvalue weighted by molar-refractivity contribution is 0.0925. The Bertz CT molecular complexity index is 881. The lowest BCUT2D eigenvalue weighted by Crippen LogP contribution is -2.27. The zero-order valence-corrected chi connectivity index (χ0v) is 14.0. The summed E-state index contributed by atoms with van der Waals surface area (Å²) in [6.07, 6.45) is 0. The van der Waals surface area contributed by atoms with Gasteiger partial charge in [-0.1, -0.05) is 30.7 Å². The van der Waals surface area contributed by atoms with E-state index in [4.69, 9.17) is 4.42 Å². The summed E-state index contributed by atoms with van der Waals surface area (Å²) in [7, 11) is 0. The Hall–Kier alpha value is -2.62. The van der Waals surface area contributed by atoms with Crippen LogP contribution in [0.3, 0.4) is 0 Å². The van der Waals surface area contributed by atoms with Crippen LogP contribution in [0.15, 0.2) is 46.9 Å². The fourth-order valence-electron chi connectivity index (χ4n) is 2.79. The second kappa shape index (κ2) is 6.48. The molecule has 2 aromatic carbocycles. The summed E-state index contributed by atoms with van der Waals surface area (Å²) in [6, 6.07) is 12.2. The van der Waals surface area contributed by atoms with Crippen molar-refractivity contribution in [3.05, 3.63) is 70.7 Å². The van der Waals surface area contributed by atoms with E-state index in [-0.39, 0.29) is 17.6 Å². The molecule has 0 saturated carbocycles. The predicted octanol–water partition coefficient (Wildman–Crippen LogP) is 4.72. The van der Waals surface area contributed by atoms with Crippen molar-refractivity contribution in [1.82, 2.24) is 5.32 Å². The number of hydrogen-bond donors (Lipinski definition) is 1. The maximum atomic E-state index is 13.0. The highest BCUT2D eigenvalue weighted by Crippen LogP contribution is 2.26. The molecule has 3 nitrogen and oxygen atoms in total. The molecule has 3 rings (SSSR count). The van der Waals surface area contributed by atoms with Crippen molar-refractivity contribution >= 4 is 16.9 Å². The highest BCUT2D eigenvalue weighted by atomic mass is 19.1. The molecule has 0 aliphatic heterocycles. The van der Waals surface area contributed by atoms with Gasteiger partial charge in [0.2, 0.25) is 0 Å². The first-order valence-corrected chi connectivity index (χ1v) is 7.99. The van der Waals surface area contributed by atoms with Crippen LogP contribution in [0.4, 0.5) is 4.39 Å². The fraction of sp³-hybridized carbons (Fsp3) is 0.250. The summed E-state index contributed by atoms with van der Waals surface area (Å²) < 4.78 is 18.7. The van der Waals surface area contributed by atoms with Gasteiger partial charge in [0, 0.05) is 17.5 Å². The van der Waals surface area contributed by atoms with E-state index in [9.17, 15) is 9.18 Å². The van der Waals surface area contributed by atoms with Crippen molar-refractivity contribution in [2.75, 3.05) is 6.54 Å². The number of fused-ring (bicyclic) bond motifs is 1. The first-order chi connectivity index (χ1) is 11.5. The second-order valence-corrected chi connectivity index (χ2v) is 6.22. The van der Waals surface area contributed by atoms with Crippen LogP contribution in [0.1, 0.15) is 40.1 Å². The number of rotatable bonds is 4. The molecule has 0 saturated heterocycles. The molecule has 1 atom stereocenters. The van der Waals surface area contributed by atoms with E-state index in [2.05, 4.69) is 5.32 Å². The molecular formula is C20H20FNO2. The van der Waals surface area contributed by atoms with E-state index >= 15 is 0 Å². The SMILES string of the molecule is Cc1ccc2oc(C(=O)NCC(C)c3ccc(F)cc3)c(C)c2c1. The quantitative estimate of drug-likeness (QED) is 0.754. The van der Waals surface area contributed by atoms with E-state index in [1.54, 1.807) is 12.1 Å². The van der Waals surface area contributed by atoms with Crippen LogP contribution < -0.4 is 5.32 Å². The Kier molecular flexibility index (Phi) is 4.38. The summed E-state index contributed by atoms with van der Waals surface area (Å²) in [5.41, 5.74) is 3.67. The van der Waals surface area contributed by atoms with E-state index in [1.165, 1.54) is 12.1 Å². The van der Waals surface area contributed by atoms with Gasteiger partial charge in [0.1, 0.15) is 11.4 Å². The maximum Gasteiger partial charge on any atom is 0.287 e. The zero-order chi connectivity index (χ0) is 17.3. The van der Waals surface area contributed by atoms with E-state index in [1.807, 2.05) is 39.0 Å². The zero-order valence-electron chi connectivity index (χ0n) is 14.0. The van der Waals surface area contributed by atoms with Crippen molar-refractivity contribution in [3.63, 3.8) is 0 Å². The monoisotopic (exact) mass is 325 g/mol. The van der Waals surface area contributed by atoms with Gasteiger partial charge in [0.05, 0.1) is 0 Å². The number of aryl methyl sites for hydroxylation is 2. The second-order valence-electron chi connectivity index (χ2n) is 6.22. The van der Waals surface area contributed by atoms with Gasteiger partial charge in [0.15, 0.2) is 5.76 Å². The third-order valence-electron chi connectivity index (χ3n) is 4.31. The van der Waals surface area contributed by atoms with Gasteiger partial charge in [-0.15, -0.1) is 0 Å². The van der Waals surface area contributed by atoms with Gasteiger partial charge < -0.3 is 9.73 Å². The summed E-state index contributed by atoms with van der Waals surface area (Å²) in [4.78, 5) is 12.4. The minimum atomic E-state index is -0.261. The maximum absolute atomic E-state index is 13.0. The third kappa shape index (κ3) is 3.18. The Morgan fingerprint density at radius 1 is 1.17 bits per heavy atom. The molecule has 0 fully saturated rings. The smallest absolute Gasteiger partial charge is 0.287 e. The summed E-state index contributed by atoms with van der Waals surface area (Å²) >= 11 is 0. The van der Waals surface area contributed by atoms with Crippen molar-refractivity contribution in [3.8, 4) is 0 Å². The van der Waals surface area contributed by atoms with Gasteiger partial charge in [-0.25, -0.2) is 4.39 Å². The number of furan rings is 1. The largest absolute Gasteiger partial charge is 0.451 e. The fourth-order valence-corrected chi connectivity index (χ4v) is 2.79. The van der Waals surface area contributed by atoms with Gasteiger partial charge in [-0.05, 0) is 49.6 Å². The molecule has 1 amide bonds. The standard InChI is InChI=1S/C20H20FNO2/c1-12-4-9-18-17(10-12)14(3)19(24-18)20(23)22-11-13(2)15-5-7-16(21)8-6-15/h4-10,13H,11H2,1-3H3,(H,22,23). The molecule has 1 heterocycles. The Balaban J connectivity index is 1.73. The molecule has 0 aliphatic carbocycles. The molecule has 3 aromatic rings. The van der Waals surface area contributed by atoms with Crippen molar-refractivity contribution in [1.29, 1.82) is 0 Å². The number of benzene rings is 2. The van der Waals surface area contributed by atoms with E-state index in [0.717, 1.165) is 27.7 Å². The average molecular weight is 325 g/mol. The minimum Gasteiger partial charge on any atom is -0.451 e. The number of carbonyl (C=O) groups is 1. The molecular weight excluding hydrogens is 305 g/mol. The normalized spacial score (nSPS) is 12.3. The highest BCUT2D eigenvalue weighted by Gasteiger charge is 2.18. The van der Waals surface area contributed by atoms with Crippen LogP contribution >= 0.6 is 0 Å². The van der Waals surface area contributed by atoms with E-state index in [0.29, 0.717) is 12.3 Å². The molecule has 24 heavy (non-hydrogen) atoms. The molecule has 0 bridgehead atoms.